The number of amides is 1. The Hall–Kier alpha value is -0.510. The van der Waals surface area contributed by atoms with E-state index in [4.69, 9.17) is 0 Å². The zero-order chi connectivity index (χ0) is 15.2. The summed E-state index contributed by atoms with van der Waals surface area (Å²) in [4.78, 5) is 25.5. The summed E-state index contributed by atoms with van der Waals surface area (Å²) in [6.45, 7) is 12.0. The maximum atomic E-state index is 12.1. The average Bonchev–Trinajstić information content (AvgIpc) is 2.32. The van der Waals surface area contributed by atoms with Crippen molar-refractivity contribution in [3.63, 3.8) is 0 Å². The van der Waals surface area contributed by atoms with Gasteiger partial charge in [-0.3, -0.25) is 9.59 Å². The first-order valence-electron chi connectivity index (χ1n) is 7.11. The predicted molar refractivity (Wildman–Crippen MR) is 83.5 cm³/mol. The number of rotatable bonds is 8. The molecule has 0 heterocycles. The molecular weight excluding hydrogens is 258 g/mol. The average molecular weight is 287 g/mol. The van der Waals surface area contributed by atoms with Crippen LogP contribution in [0.15, 0.2) is 0 Å². The standard InChI is InChI=1S/C15H29NO2S/c1-10(2)15(18)13(6)16(7)14(17)9-8-12(5)19-11(3)4/h10-13H,8-9H2,1-7H3. The second kappa shape index (κ2) is 8.62. The largest absolute Gasteiger partial charge is 0.336 e. The van der Waals surface area contributed by atoms with Gasteiger partial charge in [0.2, 0.25) is 5.91 Å². The van der Waals surface area contributed by atoms with Crippen molar-refractivity contribution in [3.05, 3.63) is 0 Å². The lowest BCUT2D eigenvalue weighted by molar-refractivity contribution is -0.138. The number of likely N-dealkylation sites (N-methyl/N-ethyl adjacent to an activating group) is 1. The van der Waals surface area contributed by atoms with Gasteiger partial charge in [0.15, 0.2) is 5.78 Å². The molecule has 0 aromatic carbocycles. The lowest BCUT2D eigenvalue weighted by Crippen LogP contribution is -2.42. The van der Waals surface area contributed by atoms with Gasteiger partial charge in [0.25, 0.3) is 0 Å². The van der Waals surface area contributed by atoms with Crippen LogP contribution in [0.1, 0.15) is 54.4 Å². The van der Waals surface area contributed by atoms with E-state index in [1.807, 2.05) is 32.5 Å². The molecule has 0 spiro atoms. The van der Waals surface area contributed by atoms with Gasteiger partial charge in [-0.2, -0.15) is 11.8 Å². The van der Waals surface area contributed by atoms with Crippen LogP contribution in [0.4, 0.5) is 0 Å². The van der Waals surface area contributed by atoms with Crippen molar-refractivity contribution < 1.29 is 9.59 Å². The van der Waals surface area contributed by atoms with Crippen LogP contribution in [0.2, 0.25) is 0 Å². The summed E-state index contributed by atoms with van der Waals surface area (Å²) in [5, 5.41) is 1.07. The van der Waals surface area contributed by atoms with Gasteiger partial charge in [-0.1, -0.05) is 34.6 Å². The molecule has 3 nitrogen and oxygen atoms in total. The van der Waals surface area contributed by atoms with Gasteiger partial charge >= 0.3 is 0 Å². The fourth-order valence-corrected chi connectivity index (χ4v) is 3.11. The molecule has 0 aromatic heterocycles. The first kappa shape index (κ1) is 18.5. The van der Waals surface area contributed by atoms with Crippen molar-refractivity contribution in [3.8, 4) is 0 Å². The second-order valence-electron chi connectivity index (χ2n) is 5.77. The van der Waals surface area contributed by atoms with Gasteiger partial charge < -0.3 is 4.90 Å². The summed E-state index contributed by atoms with van der Waals surface area (Å²) in [6.07, 6.45) is 1.39. The molecule has 0 N–H and O–H groups in total. The maximum absolute atomic E-state index is 12.1. The Bertz CT molecular complexity index is 303. The molecule has 0 fully saturated rings. The number of Topliss-reactive ketones (excluding diaryl/α,β-unsaturated/α-hetero) is 1. The van der Waals surface area contributed by atoms with E-state index in [1.165, 1.54) is 0 Å². The van der Waals surface area contributed by atoms with Crippen molar-refractivity contribution in [2.45, 2.75) is 70.9 Å². The molecule has 2 unspecified atom stereocenters. The van der Waals surface area contributed by atoms with E-state index in [0.717, 1.165) is 6.42 Å². The maximum Gasteiger partial charge on any atom is 0.222 e. The molecule has 0 bridgehead atoms. The molecule has 19 heavy (non-hydrogen) atoms. The molecule has 0 rings (SSSR count). The Morgan fingerprint density at radius 2 is 1.58 bits per heavy atom. The summed E-state index contributed by atoms with van der Waals surface area (Å²) < 4.78 is 0. The first-order chi connectivity index (χ1) is 8.66. The number of nitrogens with zero attached hydrogens (tertiary/aromatic N) is 1. The van der Waals surface area contributed by atoms with E-state index in [-0.39, 0.29) is 23.7 Å². The van der Waals surface area contributed by atoms with Crippen LogP contribution in [-0.4, -0.2) is 40.2 Å². The SMILES string of the molecule is CC(C)SC(C)CCC(=O)N(C)C(C)C(=O)C(C)C. The van der Waals surface area contributed by atoms with Crippen LogP contribution in [0, 0.1) is 5.92 Å². The molecule has 0 saturated carbocycles. The highest BCUT2D eigenvalue weighted by Gasteiger charge is 2.24. The molecule has 2 atom stereocenters. The van der Waals surface area contributed by atoms with Crippen LogP contribution in [0.5, 0.6) is 0 Å². The van der Waals surface area contributed by atoms with Crippen molar-refractivity contribution >= 4 is 23.5 Å². The molecular formula is C15H29NO2S. The fraction of sp³-hybridized carbons (Fsp3) is 0.867. The van der Waals surface area contributed by atoms with Crippen molar-refractivity contribution in [1.29, 1.82) is 0 Å². The molecule has 0 aromatic rings. The molecule has 0 saturated heterocycles. The Morgan fingerprint density at radius 1 is 1.05 bits per heavy atom. The minimum absolute atomic E-state index is 0.0272. The second-order valence-corrected chi connectivity index (χ2v) is 7.79. The van der Waals surface area contributed by atoms with E-state index in [1.54, 1.807) is 11.9 Å². The molecule has 0 aliphatic rings. The number of carbonyl (C=O) groups excluding carboxylic acids is 2. The van der Waals surface area contributed by atoms with Gasteiger partial charge in [0, 0.05) is 24.6 Å². The monoisotopic (exact) mass is 287 g/mol. The lowest BCUT2D eigenvalue weighted by Gasteiger charge is -2.26. The summed E-state index contributed by atoms with van der Waals surface area (Å²) in [6, 6.07) is -0.319. The Balaban J connectivity index is 4.24. The quantitative estimate of drug-likeness (QED) is 0.687. The lowest BCUT2D eigenvalue weighted by atomic mass is 10.0. The van der Waals surface area contributed by atoms with E-state index >= 15 is 0 Å². The number of hydrogen-bond donors (Lipinski definition) is 0. The van der Waals surface area contributed by atoms with Gasteiger partial charge in [-0.25, -0.2) is 0 Å². The third-order valence-electron chi connectivity index (χ3n) is 3.22. The van der Waals surface area contributed by atoms with E-state index in [2.05, 4.69) is 20.8 Å². The highest BCUT2D eigenvalue weighted by Crippen LogP contribution is 2.21. The van der Waals surface area contributed by atoms with Gasteiger partial charge in [0.05, 0.1) is 6.04 Å². The minimum atomic E-state index is -0.319. The topological polar surface area (TPSA) is 37.4 Å². The molecule has 112 valence electrons. The number of hydrogen-bond acceptors (Lipinski definition) is 3. The van der Waals surface area contributed by atoms with Crippen LogP contribution in [-0.2, 0) is 9.59 Å². The van der Waals surface area contributed by atoms with Crippen LogP contribution in [0.3, 0.4) is 0 Å². The van der Waals surface area contributed by atoms with Gasteiger partial charge in [0.1, 0.15) is 0 Å². The predicted octanol–water partition coefficient (Wildman–Crippen LogP) is 3.37. The smallest absolute Gasteiger partial charge is 0.222 e. The molecule has 0 aliphatic heterocycles. The Labute approximate surface area is 122 Å². The van der Waals surface area contributed by atoms with E-state index < -0.39 is 0 Å². The van der Waals surface area contributed by atoms with Gasteiger partial charge in [-0.05, 0) is 18.6 Å². The zero-order valence-corrected chi connectivity index (χ0v) is 14.2. The molecule has 4 heteroatoms. The first-order valence-corrected chi connectivity index (χ1v) is 8.05. The third kappa shape index (κ3) is 7.00. The third-order valence-corrected chi connectivity index (χ3v) is 4.47. The normalized spacial score (nSPS) is 14.6. The highest BCUT2D eigenvalue weighted by molar-refractivity contribution is 8.00. The zero-order valence-electron chi connectivity index (χ0n) is 13.4. The fourth-order valence-electron chi connectivity index (χ4n) is 1.93. The summed E-state index contributed by atoms with van der Waals surface area (Å²) in [7, 11) is 1.73. The summed E-state index contributed by atoms with van der Waals surface area (Å²) in [5.74, 6) is 0.166. The van der Waals surface area contributed by atoms with Crippen LogP contribution >= 0.6 is 11.8 Å². The number of thioether (sulfide) groups is 1. The molecule has 0 radical (unpaired) electrons. The number of ketones is 1. The Kier molecular flexibility index (Phi) is 8.39. The number of carbonyl (C=O) groups is 2. The van der Waals surface area contributed by atoms with Crippen molar-refractivity contribution in [2.24, 2.45) is 5.92 Å². The molecule has 1 amide bonds. The Morgan fingerprint density at radius 3 is 2.00 bits per heavy atom. The van der Waals surface area contributed by atoms with Crippen LogP contribution in [0.25, 0.3) is 0 Å². The van der Waals surface area contributed by atoms with E-state index in [0.29, 0.717) is 16.9 Å². The van der Waals surface area contributed by atoms with E-state index in [9.17, 15) is 9.59 Å². The van der Waals surface area contributed by atoms with Gasteiger partial charge in [-0.15, -0.1) is 0 Å². The van der Waals surface area contributed by atoms with Crippen molar-refractivity contribution in [1.82, 2.24) is 4.90 Å². The summed E-state index contributed by atoms with van der Waals surface area (Å²) >= 11 is 1.89. The summed E-state index contributed by atoms with van der Waals surface area (Å²) in [5.41, 5.74) is 0. The van der Waals surface area contributed by atoms with Crippen molar-refractivity contribution in [2.75, 3.05) is 7.05 Å². The molecule has 0 aliphatic carbocycles. The van der Waals surface area contributed by atoms with Crippen LogP contribution < -0.4 is 0 Å². The minimum Gasteiger partial charge on any atom is -0.336 e. The highest BCUT2D eigenvalue weighted by atomic mass is 32.2.